The molecule has 0 unspecified atom stereocenters. The van der Waals surface area contributed by atoms with Crippen LogP contribution in [0.5, 0.6) is 5.75 Å². The van der Waals surface area contributed by atoms with Crippen LogP contribution in [0.1, 0.15) is 51.0 Å². The molecule has 0 aliphatic rings. The Morgan fingerprint density at radius 2 is 1.78 bits per heavy atom. The molecule has 0 spiro atoms. The first-order valence-corrected chi connectivity index (χ1v) is 7.16. The summed E-state index contributed by atoms with van der Waals surface area (Å²) in [6.07, 6.45) is 7.99. The molecule has 0 aliphatic carbocycles. The van der Waals surface area contributed by atoms with Crippen LogP contribution in [0.3, 0.4) is 0 Å². The molecule has 0 radical (unpaired) electrons. The number of hydrogen-bond acceptors (Lipinski definition) is 2. The Hall–Kier alpha value is -1.18. The van der Waals surface area contributed by atoms with E-state index in [-0.39, 0.29) is 0 Å². The molecule has 0 amide bonds. The van der Waals surface area contributed by atoms with Gasteiger partial charge in [0.05, 0.1) is 12.8 Å². The number of aryl methyl sites for hydroxylation is 1. The van der Waals surface area contributed by atoms with Gasteiger partial charge in [-0.25, -0.2) is 0 Å². The third kappa shape index (κ3) is 5.44. The molecule has 18 heavy (non-hydrogen) atoms. The molecule has 0 heterocycles. The second kappa shape index (κ2) is 8.84. The largest absolute Gasteiger partial charge is 0.495 e. The van der Waals surface area contributed by atoms with Crippen LogP contribution < -0.4 is 10.1 Å². The lowest BCUT2D eigenvalue weighted by Crippen LogP contribution is -2.03. The predicted octanol–water partition coefficient (Wildman–Crippen LogP) is 4.78. The molecular formula is C16H27NO. The fourth-order valence-corrected chi connectivity index (χ4v) is 2.09. The average molecular weight is 249 g/mol. The number of anilines is 1. The third-order valence-corrected chi connectivity index (χ3v) is 3.20. The Balaban J connectivity index is 2.24. The van der Waals surface area contributed by atoms with Gasteiger partial charge in [0.1, 0.15) is 5.75 Å². The fourth-order valence-electron chi connectivity index (χ4n) is 2.09. The topological polar surface area (TPSA) is 21.3 Å². The summed E-state index contributed by atoms with van der Waals surface area (Å²) in [7, 11) is 1.72. The number of ether oxygens (including phenoxy) is 1. The molecule has 0 aliphatic heterocycles. The van der Waals surface area contributed by atoms with Gasteiger partial charge in [0.15, 0.2) is 0 Å². The molecule has 102 valence electrons. The Morgan fingerprint density at radius 1 is 1.06 bits per heavy atom. The SMILES string of the molecule is CCCCCCCCNc1cc(C)ccc1OC. The lowest BCUT2D eigenvalue weighted by molar-refractivity contribution is 0.416. The molecule has 1 N–H and O–H groups in total. The number of methoxy groups -OCH3 is 1. The summed E-state index contributed by atoms with van der Waals surface area (Å²) in [5, 5.41) is 3.47. The zero-order chi connectivity index (χ0) is 13.2. The van der Waals surface area contributed by atoms with Gasteiger partial charge in [0.25, 0.3) is 0 Å². The van der Waals surface area contributed by atoms with Crippen LogP contribution in [-0.2, 0) is 0 Å². The average Bonchev–Trinajstić information content (AvgIpc) is 2.38. The van der Waals surface area contributed by atoms with E-state index in [0.29, 0.717) is 0 Å². The standard InChI is InChI=1S/C16H27NO/c1-4-5-6-7-8-9-12-17-15-13-14(2)10-11-16(15)18-3/h10-11,13,17H,4-9,12H2,1-3H3. The number of rotatable bonds is 9. The highest BCUT2D eigenvalue weighted by Crippen LogP contribution is 2.25. The van der Waals surface area contributed by atoms with Crippen molar-refractivity contribution in [2.45, 2.75) is 52.4 Å². The molecule has 0 saturated heterocycles. The number of benzene rings is 1. The van der Waals surface area contributed by atoms with Crippen LogP contribution in [0.4, 0.5) is 5.69 Å². The van der Waals surface area contributed by atoms with Gasteiger partial charge in [0, 0.05) is 6.54 Å². The molecule has 1 rings (SSSR count). The van der Waals surface area contributed by atoms with Crippen molar-refractivity contribution in [3.05, 3.63) is 23.8 Å². The van der Waals surface area contributed by atoms with Gasteiger partial charge in [0.2, 0.25) is 0 Å². The smallest absolute Gasteiger partial charge is 0.141 e. The van der Waals surface area contributed by atoms with Gasteiger partial charge in [-0.2, -0.15) is 0 Å². The van der Waals surface area contributed by atoms with Crippen molar-refractivity contribution in [1.82, 2.24) is 0 Å². The molecule has 0 fully saturated rings. The van der Waals surface area contributed by atoms with Crippen LogP contribution in [-0.4, -0.2) is 13.7 Å². The third-order valence-electron chi connectivity index (χ3n) is 3.20. The first kappa shape index (κ1) is 14.9. The van der Waals surface area contributed by atoms with Gasteiger partial charge < -0.3 is 10.1 Å². The summed E-state index contributed by atoms with van der Waals surface area (Å²) in [5.74, 6) is 0.937. The van der Waals surface area contributed by atoms with Crippen LogP contribution in [0.25, 0.3) is 0 Å². The Kier molecular flexibility index (Phi) is 7.31. The van der Waals surface area contributed by atoms with Crippen molar-refractivity contribution in [2.75, 3.05) is 19.0 Å². The number of unbranched alkanes of at least 4 members (excludes halogenated alkanes) is 5. The summed E-state index contributed by atoms with van der Waals surface area (Å²) < 4.78 is 5.35. The van der Waals surface area contributed by atoms with Crippen molar-refractivity contribution in [2.24, 2.45) is 0 Å². The molecule has 2 heteroatoms. The Morgan fingerprint density at radius 3 is 2.50 bits per heavy atom. The van der Waals surface area contributed by atoms with Crippen LogP contribution in [0, 0.1) is 6.92 Å². The molecule has 2 nitrogen and oxygen atoms in total. The molecule has 0 saturated carbocycles. The molecular weight excluding hydrogens is 222 g/mol. The first-order chi connectivity index (χ1) is 8.77. The van der Waals surface area contributed by atoms with E-state index in [9.17, 15) is 0 Å². The highest BCUT2D eigenvalue weighted by molar-refractivity contribution is 5.57. The number of hydrogen-bond donors (Lipinski definition) is 1. The first-order valence-electron chi connectivity index (χ1n) is 7.16. The van der Waals surface area contributed by atoms with E-state index < -0.39 is 0 Å². The molecule has 0 bridgehead atoms. The lowest BCUT2D eigenvalue weighted by Gasteiger charge is -2.11. The van der Waals surface area contributed by atoms with E-state index in [4.69, 9.17) is 4.74 Å². The summed E-state index contributed by atoms with van der Waals surface area (Å²) in [6, 6.07) is 6.25. The Bertz CT molecular complexity index is 336. The summed E-state index contributed by atoms with van der Waals surface area (Å²) >= 11 is 0. The van der Waals surface area contributed by atoms with Gasteiger partial charge >= 0.3 is 0 Å². The minimum atomic E-state index is 0.937. The fraction of sp³-hybridized carbons (Fsp3) is 0.625. The van der Waals surface area contributed by atoms with Crippen molar-refractivity contribution in [1.29, 1.82) is 0 Å². The van der Waals surface area contributed by atoms with Crippen molar-refractivity contribution in [3.8, 4) is 5.75 Å². The molecule has 0 aromatic heterocycles. The predicted molar refractivity (Wildman–Crippen MR) is 79.6 cm³/mol. The van der Waals surface area contributed by atoms with Gasteiger partial charge in [-0.15, -0.1) is 0 Å². The maximum absolute atomic E-state index is 5.35. The van der Waals surface area contributed by atoms with Crippen LogP contribution in [0.15, 0.2) is 18.2 Å². The van der Waals surface area contributed by atoms with E-state index in [2.05, 4.69) is 31.3 Å². The highest BCUT2D eigenvalue weighted by atomic mass is 16.5. The van der Waals surface area contributed by atoms with Gasteiger partial charge in [-0.3, -0.25) is 0 Å². The zero-order valence-electron chi connectivity index (χ0n) is 12.1. The van der Waals surface area contributed by atoms with Crippen LogP contribution >= 0.6 is 0 Å². The van der Waals surface area contributed by atoms with Crippen molar-refractivity contribution < 1.29 is 4.74 Å². The maximum atomic E-state index is 5.35. The molecule has 0 atom stereocenters. The monoisotopic (exact) mass is 249 g/mol. The zero-order valence-corrected chi connectivity index (χ0v) is 12.1. The normalized spacial score (nSPS) is 10.4. The van der Waals surface area contributed by atoms with Crippen molar-refractivity contribution >= 4 is 5.69 Å². The Labute approximate surface area is 112 Å². The van der Waals surface area contributed by atoms with Gasteiger partial charge in [-0.05, 0) is 31.0 Å². The van der Waals surface area contributed by atoms with E-state index in [0.717, 1.165) is 18.0 Å². The van der Waals surface area contributed by atoms with E-state index in [1.807, 2.05) is 6.07 Å². The molecule has 1 aromatic carbocycles. The lowest BCUT2D eigenvalue weighted by atomic mass is 10.1. The van der Waals surface area contributed by atoms with Crippen molar-refractivity contribution in [3.63, 3.8) is 0 Å². The summed E-state index contributed by atoms with van der Waals surface area (Å²) in [6.45, 7) is 5.40. The van der Waals surface area contributed by atoms with E-state index >= 15 is 0 Å². The molecule has 1 aromatic rings. The van der Waals surface area contributed by atoms with Crippen LogP contribution in [0.2, 0.25) is 0 Å². The van der Waals surface area contributed by atoms with E-state index in [1.165, 1.54) is 44.1 Å². The maximum Gasteiger partial charge on any atom is 0.141 e. The minimum absolute atomic E-state index is 0.937. The minimum Gasteiger partial charge on any atom is -0.495 e. The van der Waals surface area contributed by atoms with Gasteiger partial charge in [-0.1, -0.05) is 45.1 Å². The van der Waals surface area contributed by atoms with E-state index in [1.54, 1.807) is 7.11 Å². The second-order valence-electron chi connectivity index (χ2n) is 4.90. The quantitative estimate of drug-likeness (QED) is 0.636. The number of nitrogens with one attached hydrogen (secondary N) is 1. The summed E-state index contributed by atoms with van der Waals surface area (Å²) in [4.78, 5) is 0. The summed E-state index contributed by atoms with van der Waals surface area (Å²) in [5.41, 5.74) is 2.38. The highest BCUT2D eigenvalue weighted by Gasteiger charge is 2.01. The second-order valence-corrected chi connectivity index (χ2v) is 4.90.